The van der Waals surface area contributed by atoms with Crippen LogP contribution in [0.4, 0.5) is 19.0 Å². The third-order valence-corrected chi connectivity index (χ3v) is 3.41. The Morgan fingerprint density at radius 2 is 1.94 bits per heavy atom. The van der Waals surface area contributed by atoms with Gasteiger partial charge in [-0.3, -0.25) is 0 Å². The molecule has 1 rings (SSSR count). The van der Waals surface area contributed by atoms with Crippen LogP contribution in [-0.4, -0.2) is 33.5 Å². The zero-order valence-electron chi connectivity index (χ0n) is 10.1. The zero-order chi connectivity index (χ0) is 13.9. The Hall–Kier alpha value is -1.02. The number of nitrogens with zero attached hydrogens (tertiary/aromatic N) is 2. The van der Waals surface area contributed by atoms with Gasteiger partial charge in [-0.05, 0) is 6.92 Å². The number of anilines is 1. The molecule has 0 spiro atoms. The number of aromatic nitrogens is 2. The van der Waals surface area contributed by atoms with E-state index < -0.39 is 18.1 Å². The summed E-state index contributed by atoms with van der Waals surface area (Å²) in [5.41, 5.74) is 0. The van der Waals surface area contributed by atoms with E-state index in [2.05, 4.69) is 15.3 Å². The molecular formula is C10H14F3N3OS. The topological polar surface area (TPSA) is 58.0 Å². The fraction of sp³-hybridized carbons (Fsp3) is 0.600. The molecule has 0 aliphatic heterocycles. The number of aliphatic hydroxyl groups excluding tert-OH is 1. The quantitative estimate of drug-likeness (QED) is 0.655. The number of thioether (sulfide) groups is 1. The summed E-state index contributed by atoms with van der Waals surface area (Å²) in [4.78, 5) is 6.80. The van der Waals surface area contributed by atoms with Crippen LogP contribution in [0.1, 0.15) is 19.7 Å². The Bertz CT molecular complexity index is 412. The van der Waals surface area contributed by atoms with Crippen LogP contribution in [0.3, 0.4) is 0 Å². The van der Waals surface area contributed by atoms with Crippen molar-refractivity contribution in [3.05, 3.63) is 11.9 Å². The molecule has 0 aromatic carbocycles. The number of nitrogens with one attached hydrogen (secondary N) is 1. The number of hydrogen-bond donors (Lipinski definition) is 2. The molecule has 18 heavy (non-hydrogen) atoms. The monoisotopic (exact) mass is 281 g/mol. The number of rotatable bonds is 4. The minimum absolute atomic E-state index is 0.0950. The Kier molecular flexibility index (Phi) is 4.80. The molecule has 1 aromatic heterocycles. The van der Waals surface area contributed by atoms with Gasteiger partial charge in [-0.2, -0.15) is 13.2 Å². The van der Waals surface area contributed by atoms with E-state index in [0.717, 1.165) is 11.8 Å². The molecule has 0 fully saturated rings. The van der Waals surface area contributed by atoms with Crippen molar-refractivity contribution in [3.63, 3.8) is 0 Å². The molecule has 0 saturated heterocycles. The predicted octanol–water partition coefficient (Wildman–Crippen LogP) is 2.40. The number of alkyl halides is 3. The molecule has 0 amide bonds. The molecular weight excluding hydrogens is 267 g/mol. The maximum atomic E-state index is 12.6. The lowest BCUT2D eigenvalue weighted by Crippen LogP contribution is -2.17. The zero-order valence-corrected chi connectivity index (χ0v) is 10.9. The minimum atomic E-state index is -4.59. The highest BCUT2D eigenvalue weighted by molar-refractivity contribution is 7.99. The van der Waals surface area contributed by atoms with Gasteiger partial charge in [0.15, 0.2) is 0 Å². The summed E-state index contributed by atoms with van der Waals surface area (Å²) in [7, 11) is 1.48. The van der Waals surface area contributed by atoms with Crippen molar-refractivity contribution in [3.8, 4) is 0 Å². The molecule has 2 N–H and O–H groups in total. The first-order valence-corrected chi connectivity index (χ1v) is 6.10. The SMILES string of the molecule is CNc1cc(SC(C)C(C)O)nc(C(F)(F)F)n1. The lowest BCUT2D eigenvalue weighted by molar-refractivity contribution is -0.145. The number of halogens is 3. The average molecular weight is 281 g/mol. The second-order valence-electron chi connectivity index (χ2n) is 3.73. The molecule has 0 aliphatic rings. The molecule has 102 valence electrons. The third-order valence-electron chi connectivity index (χ3n) is 2.20. The van der Waals surface area contributed by atoms with E-state index in [9.17, 15) is 18.3 Å². The normalized spacial score (nSPS) is 15.3. The maximum absolute atomic E-state index is 12.6. The fourth-order valence-electron chi connectivity index (χ4n) is 1.03. The third kappa shape index (κ3) is 4.02. The van der Waals surface area contributed by atoms with Gasteiger partial charge < -0.3 is 10.4 Å². The Balaban J connectivity index is 3.05. The van der Waals surface area contributed by atoms with E-state index in [4.69, 9.17) is 0 Å². The lowest BCUT2D eigenvalue weighted by Gasteiger charge is -2.15. The highest BCUT2D eigenvalue weighted by Crippen LogP contribution is 2.31. The van der Waals surface area contributed by atoms with E-state index in [1.807, 2.05) is 0 Å². The standard InChI is InChI=1S/C10H14F3N3OS/c1-5(17)6(2)18-8-4-7(14-3)15-9(16-8)10(11,12)13/h4-6,17H,1-3H3,(H,14,15,16). The average Bonchev–Trinajstić information content (AvgIpc) is 2.27. The molecule has 2 atom stereocenters. The highest BCUT2D eigenvalue weighted by atomic mass is 32.2. The van der Waals surface area contributed by atoms with Gasteiger partial charge in [-0.15, -0.1) is 11.8 Å². The first-order valence-electron chi connectivity index (χ1n) is 5.22. The first kappa shape index (κ1) is 15.0. The summed E-state index contributed by atoms with van der Waals surface area (Å²) in [6.45, 7) is 3.28. The molecule has 0 bridgehead atoms. The van der Waals surface area contributed by atoms with Crippen molar-refractivity contribution < 1.29 is 18.3 Å². The van der Waals surface area contributed by atoms with Crippen molar-refractivity contribution in [1.82, 2.24) is 9.97 Å². The Labute approximate surface area is 107 Å². The summed E-state index contributed by atoms with van der Waals surface area (Å²) in [5.74, 6) is -1.09. The number of aliphatic hydroxyl groups is 1. The van der Waals surface area contributed by atoms with Gasteiger partial charge in [0, 0.05) is 18.4 Å². The van der Waals surface area contributed by atoms with Crippen LogP contribution in [0.25, 0.3) is 0 Å². The van der Waals surface area contributed by atoms with Crippen LogP contribution in [-0.2, 0) is 6.18 Å². The van der Waals surface area contributed by atoms with Gasteiger partial charge in [0.2, 0.25) is 5.82 Å². The van der Waals surface area contributed by atoms with Crippen molar-refractivity contribution in [1.29, 1.82) is 0 Å². The first-order chi connectivity index (χ1) is 8.24. The minimum Gasteiger partial charge on any atom is -0.392 e. The fourth-order valence-corrected chi connectivity index (χ4v) is 1.93. The van der Waals surface area contributed by atoms with Crippen LogP contribution in [0.15, 0.2) is 11.1 Å². The van der Waals surface area contributed by atoms with Crippen LogP contribution in [0.5, 0.6) is 0 Å². The van der Waals surface area contributed by atoms with Crippen LogP contribution in [0.2, 0.25) is 0 Å². The van der Waals surface area contributed by atoms with Crippen molar-refractivity contribution in [2.75, 3.05) is 12.4 Å². The molecule has 1 aromatic rings. The van der Waals surface area contributed by atoms with E-state index in [1.54, 1.807) is 13.8 Å². The van der Waals surface area contributed by atoms with Gasteiger partial charge in [0.25, 0.3) is 0 Å². The molecule has 2 unspecified atom stereocenters. The van der Waals surface area contributed by atoms with Crippen molar-refractivity contribution >= 4 is 17.6 Å². The molecule has 0 aliphatic carbocycles. The van der Waals surface area contributed by atoms with Crippen LogP contribution < -0.4 is 5.32 Å². The van der Waals surface area contributed by atoms with Gasteiger partial charge in [0.05, 0.1) is 6.10 Å². The Morgan fingerprint density at radius 3 is 2.39 bits per heavy atom. The summed E-state index contributed by atoms with van der Waals surface area (Å²) >= 11 is 1.07. The molecule has 8 heteroatoms. The van der Waals surface area contributed by atoms with Crippen LogP contribution in [0, 0.1) is 0 Å². The van der Waals surface area contributed by atoms with Gasteiger partial charge in [-0.1, -0.05) is 6.92 Å². The molecule has 4 nitrogen and oxygen atoms in total. The van der Waals surface area contributed by atoms with Crippen LogP contribution >= 0.6 is 11.8 Å². The van der Waals surface area contributed by atoms with Crippen molar-refractivity contribution in [2.24, 2.45) is 0 Å². The largest absolute Gasteiger partial charge is 0.451 e. The second-order valence-corrected chi connectivity index (χ2v) is 5.12. The van der Waals surface area contributed by atoms with E-state index >= 15 is 0 Å². The molecule has 0 radical (unpaired) electrons. The Morgan fingerprint density at radius 1 is 1.33 bits per heavy atom. The van der Waals surface area contributed by atoms with Gasteiger partial charge >= 0.3 is 6.18 Å². The highest BCUT2D eigenvalue weighted by Gasteiger charge is 2.35. The summed E-state index contributed by atoms with van der Waals surface area (Å²) in [6.07, 6.45) is -5.23. The molecule has 0 saturated carbocycles. The second kappa shape index (κ2) is 5.75. The summed E-state index contributed by atoms with van der Waals surface area (Å²) in [5, 5.41) is 11.8. The summed E-state index contributed by atoms with van der Waals surface area (Å²) < 4.78 is 37.7. The lowest BCUT2D eigenvalue weighted by atomic mass is 10.3. The molecule has 1 heterocycles. The number of hydrogen-bond acceptors (Lipinski definition) is 5. The van der Waals surface area contributed by atoms with Gasteiger partial charge in [-0.25, -0.2) is 9.97 Å². The predicted molar refractivity (Wildman–Crippen MR) is 63.6 cm³/mol. The van der Waals surface area contributed by atoms with Crippen molar-refractivity contribution in [2.45, 2.75) is 36.4 Å². The van der Waals surface area contributed by atoms with Gasteiger partial charge in [0.1, 0.15) is 10.8 Å². The van der Waals surface area contributed by atoms with E-state index in [0.29, 0.717) is 0 Å². The van der Waals surface area contributed by atoms with E-state index in [-0.39, 0.29) is 16.1 Å². The summed E-state index contributed by atoms with van der Waals surface area (Å²) in [6, 6.07) is 1.42. The smallest absolute Gasteiger partial charge is 0.392 e. The van der Waals surface area contributed by atoms with E-state index in [1.165, 1.54) is 13.1 Å². The maximum Gasteiger partial charge on any atom is 0.451 e.